The van der Waals surface area contributed by atoms with Crippen LogP contribution in [0.3, 0.4) is 0 Å². The lowest BCUT2D eigenvalue weighted by Crippen LogP contribution is -2.29. The Morgan fingerprint density at radius 1 is 1.08 bits per heavy atom. The summed E-state index contributed by atoms with van der Waals surface area (Å²) >= 11 is 6.31. The van der Waals surface area contributed by atoms with E-state index in [1.54, 1.807) is 18.2 Å². The molecule has 8 nitrogen and oxygen atoms in total. The third-order valence-electron chi connectivity index (χ3n) is 5.31. The Labute approximate surface area is 212 Å². The first kappa shape index (κ1) is 25.0. The molecule has 36 heavy (non-hydrogen) atoms. The van der Waals surface area contributed by atoms with Crippen LogP contribution in [0.2, 0.25) is 5.02 Å². The topological polar surface area (TPSA) is 115 Å². The number of halogens is 2. The van der Waals surface area contributed by atoms with Crippen LogP contribution in [0.1, 0.15) is 34.2 Å². The van der Waals surface area contributed by atoms with Gasteiger partial charge in [-0.15, -0.1) is 0 Å². The van der Waals surface area contributed by atoms with Crippen molar-refractivity contribution in [3.05, 3.63) is 95.0 Å². The molecule has 0 aliphatic heterocycles. The molecule has 2 heterocycles. The maximum atomic E-state index is 14.3. The molecule has 4 aromatic rings. The van der Waals surface area contributed by atoms with Gasteiger partial charge in [0.2, 0.25) is 0 Å². The van der Waals surface area contributed by atoms with E-state index in [1.807, 2.05) is 25.1 Å². The number of aromatic nitrogens is 3. The third kappa shape index (κ3) is 5.76. The number of nitrogens with two attached hydrogens (primary N) is 1. The van der Waals surface area contributed by atoms with Gasteiger partial charge in [-0.25, -0.2) is 9.07 Å². The Morgan fingerprint density at radius 3 is 2.58 bits per heavy atom. The summed E-state index contributed by atoms with van der Waals surface area (Å²) in [6.07, 6.45) is 2.08. The molecule has 4 N–H and O–H groups in total. The largest absolute Gasteiger partial charge is 0.351 e. The number of pyridine rings is 1. The predicted molar refractivity (Wildman–Crippen MR) is 137 cm³/mol. The minimum absolute atomic E-state index is 0.0536. The number of hydrogen-bond donors (Lipinski definition) is 3. The number of carbonyl (C=O) groups excluding carboxylic acids is 2. The second-order valence-electron chi connectivity index (χ2n) is 8.17. The zero-order valence-corrected chi connectivity index (χ0v) is 20.2. The number of carbonyl (C=O) groups is 2. The van der Waals surface area contributed by atoms with Crippen molar-refractivity contribution >= 4 is 29.2 Å². The van der Waals surface area contributed by atoms with Gasteiger partial charge in [-0.1, -0.05) is 35.9 Å². The van der Waals surface area contributed by atoms with E-state index in [-0.39, 0.29) is 33.8 Å². The van der Waals surface area contributed by atoms with Crippen molar-refractivity contribution < 1.29 is 14.0 Å². The minimum Gasteiger partial charge on any atom is -0.351 e. The molecule has 184 valence electrons. The van der Waals surface area contributed by atoms with Crippen LogP contribution in [0.15, 0.2) is 72.9 Å². The lowest BCUT2D eigenvalue weighted by molar-refractivity contribution is 0.0946. The van der Waals surface area contributed by atoms with Gasteiger partial charge in [-0.2, -0.15) is 5.10 Å². The molecule has 0 saturated carbocycles. The van der Waals surface area contributed by atoms with Gasteiger partial charge in [-0.3, -0.25) is 14.6 Å². The van der Waals surface area contributed by atoms with Crippen molar-refractivity contribution in [2.24, 2.45) is 5.73 Å². The molecule has 0 saturated heterocycles. The Kier molecular flexibility index (Phi) is 7.72. The van der Waals surface area contributed by atoms with Crippen molar-refractivity contribution in [3.8, 4) is 16.9 Å². The lowest BCUT2D eigenvalue weighted by Gasteiger charge is -2.11. The zero-order valence-electron chi connectivity index (χ0n) is 19.4. The van der Waals surface area contributed by atoms with Gasteiger partial charge in [-0.05, 0) is 49.7 Å². The normalized spacial score (nSPS) is 11.7. The van der Waals surface area contributed by atoms with E-state index in [9.17, 15) is 14.0 Å². The van der Waals surface area contributed by atoms with Crippen LogP contribution in [0.5, 0.6) is 0 Å². The Hall–Kier alpha value is -4.08. The number of anilines is 1. The molecule has 0 unspecified atom stereocenters. The van der Waals surface area contributed by atoms with E-state index in [2.05, 4.69) is 20.7 Å². The summed E-state index contributed by atoms with van der Waals surface area (Å²) in [4.78, 5) is 30.0. The second kappa shape index (κ2) is 11.1. The summed E-state index contributed by atoms with van der Waals surface area (Å²) in [5.41, 5.74) is 7.11. The molecular formula is C26H24ClFN6O2. The summed E-state index contributed by atoms with van der Waals surface area (Å²) in [5, 5.41) is 10.1. The number of nitrogens with one attached hydrogen (secondary N) is 2. The van der Waals surface area contributed by atoms with E-state index in [4.69, 9.17) is 17.3 Å². The molecule has 4 rings (SSSR count). The van der Waals surface area contributed by atoms with Crippen LogP contribution in [-0.2, 0) is 0 Å². The molecule has 0 fully saturated rings. The van der Waals surface area contributed by atoms with Crippen molar-refractivity contribution in [1.29, 1.82) is 0 Å². The van der Waals surface area contributed by atoms with Crippen LogP contribution in [-0.4, -0.2) is 39.2 Å². The van der Waals surface area contributed by atoms with Gasteiger partial charge in [0.1, 0.15) is 17.3 Å². The highest BCUT2D eigenvalue weighted by Crippen LogP contribution is 2.27. The lowest BCUT2D eigenvalue weighted by atomic mass is 10.1. The van der Waals surface area contributed by atoms with Crippen LogP contribution in [0.4, 0.5) is 10.2 Å². The minimum atomic E-state index is -0.556. The third-order valence-corrected chi connectivity index (χ3v) is 5.64. The molecule has 2 amide bonds. The molecule has 2 aromatic carbocycles. The van der Waals surface area contributed by atoms with Crippen LogP contribution < -0.4 is 16.4 Å². The van der Waals surface area contributed by atoms with Gasteiger partial charge in [0.25, 0.3) is 11.8 Å². The van der Waals surface area contributed by atoms with Gasteiger partial charge in [0.05, 0.1) is 16.3 Å². The van der Waals surface area contributed by atoms with Crippen molar-refractivity contribution in [2.75, 3.05) is 11.9 Å². The van der Waals surface area contributed by atoms with Crippen LogP contribution in [0, 0.1) is 5.82 Å². The molecule has 0 spiro atoms. The average Bonchev–Trinajstić information content (AvgIpc) is 3.29. The monoisotopic (exact) mass is 506 g/mol. The van der Waals surface area contributed by atoms with E-state index in [0.717, 1.165) is 0 Å². The standard InChI is InChI=1S/C26H24ClFN6O2/c1-16(29)11-13-31-26(36)22-15-23(34(33-22)18-6-3-2-4-7-18)32-25(35)19-14-17(9-10-20(19)27)24-21(28)8-5-12-30-24/h2-10,12,14-16H,11,13,29H2,1H3,(H,31,36)(H,32,35)/t16-/m0/s1. The SMILES string of the molecule is C[C@H](N)CCNC(=O)c1cc(NC(=O)c2cc(-c3ncccc3F)ccc2Cl)n(-c2ccccc2)n1. The van der Waals surface area contributed by atoms with Gasteiger partial charge >= 0.3 is 0 Å². The molecule has 0 aliphatic carbocycles. The first-order valence-electron chi connectivity index (χ1n) is 11.2. The van der Waals surface area contributed by atoms with Crippen molar-refractivity contribution in [1.82, 2.24) is 20.1 Å². The predicted octanol–water partition coefficient (Wildman–Crippen LogP) is 4.45. The molecule has 10 heteroatoms. The van der Waals surface area contributed by atoms with Gasteiger partial charge in [0, 0.05) is 30.4 Å². The average molecular weight is 507 g/mol. The first-order valence-corrected chi connectivity index (χ1v) is 11.6. The Bertz CT molecular complexity index is 1390. The quantitative estimate of drug-likeness (QED) is 0.326. The molecule has 0 radical (unpaired) electrons. The van der Waals surface area contributed by atoms with E-state index in [0.29, 0.717) is 24.2 Å². The van der Waals surface area contributed by atoms with E-state index in [1.165, 1.54) is 41.2 Å². The maximum Gasteiger partial charge on any atom is 0.271 e. The number of hydrogen-bond acceptors (Lipinski definition) is 5. The first-order chi connectivity index (χ1) is 17.3. The van der Waals surface area contributed by atoms with Crippen molar-refractivity contribution in [2.45, 2.75) is 19.4 Å². The second-order valence-corrected chi connectivity index (χ2v) is 8.57. The molecule has 1 atom stereocenters. The molecule has 0 bridgehead atoms. The summed E-state index contributed by atoms with van der Waals surface area (Å²) in [5.74, 6) is -1.22. The molecule has 2 aromatic heterocycles. The fourth-order valence-electron chi connectivity index (χ4n) is 3.48. The summed E-state index contributed by atoms with van der Waals surface area (Å²) in [6, 6.07) is 17.8. The molecular weight excluding hydrogens is 483 g/mol. The Balaban J connectivity index is 1.65. The summed E-state index contributed by atoms with van der Waals surface area (Å²) in [7, 11) is 0. The summed E-state index contributed by atoms with van der Waals surface area (Å²) < 4.78 is 15.7. The van der Waals surface area contributed by atoms with Crippen LogP contribution in [0.25, 0.3) is 16.9 Å². The van der Waals surface area contributed by atoms with E-state index < -0.39 is 17.6 Å². The fraction of sp³-hybridized carbons (Fsp3) is 0.154. The highest BCUT2D eigenvalue weighted by Gasteiger charge is 2.20. The number of rotatable bonds is 8. The number of benzene rings is 2. The molecule has 0 aliphatic rings. The fourth-order valence-corrected chi connectivity index (χ4v) is 3.68. The van der Waals surface area contributed by atoms with Crippen molar-refractivity contribution in [3.63, 3.8) is 0 Å². The number of amides is 2. The zero-order chi connectivity index (χ0) is 25.7. The number of nitrogens with zero attached hydrogens (tertiary/aromatic N) is 3. The Morgan fingerprint density at radius 2 is 1.86 bits per heavy atom. The van der Waals surface area contributed by atoms with Gasteiger partial charge < -0.3 is 16.4 Å². The highest BCUT2D eigenvalue weighted by atomic mass is 35.5. The van der Waals surface area contributed by atoms with E-state index >= 15 is 0 Å². The number of para-hydroxylation sites is 1. The maximum absolute atomic E-state index is 14.3. The van der Waals surface area contributed by atoms with Crippen LogP contribution >= 0.6 is 11.6 Å². The van der Waals surface area contributed by atoms with Gasteiger partial charge in [0.15, 0.2) is 5.69 Å². The smallest absolute Gasteiger partial charge is 0.271 e. The summed E-state index contributed by atoms with van der Waals surface area (Å²) in [6.45, 7) is 2.25. The highest BCUT2D eigenvalue weighted by molar-refractivity contribution is 6.34.